The number of aliphatic hydroxyl groups is 1. The summed E-state index contributed by atoms with van der Waals surface area (Å²) >= 11 is -2.10. The fourth-order valence-electron chi connectivity index (χ4n) is 6.00. The van der Waals surface area contributed by atoms with Gasteiger partial charge in [-0.1, -0.05) is 27.7 Å². The predicted octanol–water partition coefficient (Wildman–Crippen LogP) is 10.6. The monoisotopic (exact) mass is 845 g/mol. The third-order valence-corrected chi connectivity index (χ3v) is 13.1. The number of aliphatic hydroxyl groups excluding tert-OH is 1. The van der Waals surface area contributed by atoms with Gasteiger partial charge < -0.3 is 5.11 Å². The Hall–Kier alpha value is -2.93. The number of aryl methyl sites for hydroxylation is 1. The molecule has 0 bridgehead atoms. The molecule has 6 rings (SSSR count). The van der Waals surface area contributed by atoms with Crippen LogP contribution in [0.25, 0.3) is 54.8 Å². The number of benzene rings is 3. The number of carbonyl (C=O) groups is 1. The maximum atomic E-state index is 11.7. The summed E-state index contributed by atoms with van der Waals surface area (Å²) in [6.07, 6.45) is 6.80. The molecule has 3 heterocycles. The molecule has 1 N–H and O–H groups in total. The normalized spacial score (nSPS) is 12.4. The van der Waals surface area contributed by atoms with Crippen molar-refractivity contribution < 1.29 is 38.8 Å². The zero-order chi connectivity index (χ0) is 31.8. The first-order valence-corrected chi connectivity index (χ1v) is 23.3. The average Bonchev–Trinajstić information content (AvgIpc) is 3.32. The number of ketones is 1. The van der Waals surface area contributed by atoms with E-state index in [0.29, 0.717) is 0 Å². The average molecular weight is 844 g/mol. The zero-order valence-electron chi connectivity index (χ0n) is 27.6. The Morgan fingerprint density at radius 3 is 2.16 bits per heavy atom. The molecular formula is C38H44GeIrNO4-. The third-order valence-electron chi connectivity index (χ3n) is 8.83. The van der Waals surface area contributed by atoms with E-state index in [-0.39, 0.29) is 43.5 Å². The summed E-state index contributed by atoms with van der Waals surface area (Å²) in [4.78, 5) is 16.5. The smallest absolute Gasteiger partial charge is 0 e. The molecule has 0 atom stereocenters. The number of hydrogen-bond donors (Lipinski definition) is 1. The first-order chi connectivity index (χ1) is 21.0. The summed E-state index contributed by atoms with van der Waals surface area (Å²) in [5.41, 5.74) is 5.34. The second-order valence-electron chi connectivity index (χ2n) is 12.9. The second kappa shape index (κ2) is 14.2. The molecule has 1 radical (unpaired) electrons. The molecule has 3 aromatic carbocycles. The Bertz CT molecular complexity index is 2010. The number of aromatic nitrogens is 1. The van der Waals surface area contributed by atoms with Crippen molar-refractivity contribution in [2.75, 3.05) is 0 Å². The molecule has 0 aliphatic rings. The van der Waals surface area contributed by atoms with Crippen LogP contribution in [-0.2, 0) is 24.9 Å². The molecule has 45 heavy (non-hydrogen) atoms. The number of hydrogen-bond acceptors (Lipinski definition) is 5. The quantitative estimate of drug-likeness (QED) is 0.0715. The van der Waals surface area contributed by atoms with Crippen LogP contribution >= 0.6 is 0 Å². The van der Waals surface area contributed by atoms with Gasteiger partial charge in [0.2, 0.25) is 0 Å². The van der Waals surface area contributed by atoms with Gasteiger partial charge in [-0.25, -0.2) is 0 Å². The minimum atomic E-state index is -2.10. The van der Waals surface area contributed by atoms with Crippen LogP contribution in [0, 0.1) is 24.8 Å². The van der Waals surface area contributed by atoms with Crippen molar-refractivity contribution in [2.45, 2.75) is 77.6 Å². The van der Waals surface area contributed by atoms with E-state index in [2.05, 4.69) is 53.7 Å². The number of pyridine rings is 1. The van der Waals surface area contributed by atoms with Crippen molar-refractivity contribution >= 4 is 78.2 Å². The van der Waals surface area contributed by atoms with Crippen LogP contribution in [0.4, 0.5) is 0 Å². The summed E-state index contributed by atoms with van der Waals surface area (Å²) in [7, 11) is 0. The van der Waals surface area contributed by atoms with E-state index in [0.717, 1.165) is 86.0 Å². The van der Waals surface area contributed by atoms with Crippen LogP contribution in [0.2, 0.25) is 17.3 Å². The number of carbonyl (C=O) groups excluding carboxylic acids is 1. The molecule has 0 amide bonds. The van der Waals surface area contributed by atoms with Crippen LogP contribution < -0.4 is 4.40 Å². The maximum Gasteiger partial charge on any atom is 0 e. The van der Waals surface area contributed by atoms with Gasteiger partial charge in [0.15, 0.2) is 5.78 Å². The number of furan rings is 1. The first-order valence-electron chi connectivity index (χ1n) is 15.9. The maximum absolute atomic E-state index is 11.7. The Labute approximate surface area is 282 Å². The van der Waals surface area contributed by atoms with Gasteiger partial charge in [-0.05, 0) is 25.7 Å². The molecule has 0 fully saturated rings. The van der Waals surface area contributed by atoms with E-state index in [9.17, 15) is 9.90 Å². The number of nitrogens with zero attached hydrogens (tertiary/aromatic N) is 1. The van der Waals surface area contributed by atoms with Crippen LogP contribution in [0.5, 0.6) is 0 Å². The Balaban J connectivity index is 0.000000249. The van der Waals surface area contributed by atoms with Gasteiger partial charge in [0.1, 0.15) is 0 Å². The molecular weight excluding hydrogens is 799 g/mol. The van der Waals surface area contributed by atoms with E-state index < -0.39 is 13.3 Å². The number of fused-ring (bicyclic) bond motifs is 4. The van der Waals surface area contributed by atoms with Gasteiger partial charge in [-0.15, -0.1) is 0 Å². The minimum absolute atomic E-state index is 0. The molecule has 6 aromatic rings. The van der Waals surface area contributed by atoms with Crippen molar-refractivity contribution in [1.82, 2.24) is 4.98 Å². The fraction of sp³-hybridized carbons (Fsp3) is 0.368. The molecule has 0 unspecified atom stereocenters. The summed E-state index contributed by atoms with van der Waals surface area (Å²) in [6, 6.07) is 18.4. The van der Waals surface area contributed by atoms with Crippen molar-refractivity contribution in [3.05, 3.63) is 72.1 Å². The molecule has 7 heteroatoms. The van der Waals surface area contributed by atoms with Gasteiger partial charge in [0.05, 0.1) is 5.76 Å². The van der Waals surface area contributed by atoms with E-state index in [1.165, 1.54) is 10.5 Å². The van der Waals surface area contributed by atoms with E-state index in [1.54, 1.807) is 0 Å². The molecule has 3 aromatic heterocycles. The van der Waals surface area contributed by atoms with Crippen molar-refractivity contribution in [3.63, 3.8) is 0 Å². The van der Waals surface area contributed by atoms with Gasteiger partial charge in [0.25, 0.3) is 0 Å². The van der Waals surface area contributed by atoms with E-state index in [1.807, 2.05) is 52.9 Å². The van der Waals surface area contributed by atoms with Gasteiger partial charge in [-0.3, -0.25) is 4.79 Å². The molecule has 0 aliphatic heterocycles. The van der Waals surface area contributed by atoms with Gasteiger partial charge >= 0.3 is 171 Å². The Morgan fingerprint density at radius 2 is 1.53 bits per heavy atom. The molecule has 0 saturated carbocycles. The summed E-state index contributed by atoms with van der Waals surface area (Å²) < 4.78 is 14.4. The Kier molecular flexibility index (Phi) is 11.0. The summed E-state index contributed by atoms with van der Waals surface area (Å²) in [5.74, 6) is 7.72. The fourth-order valence-corrected chi connectivity index (χ4v) is 8.37. The van der Waals surface area contributed by atoms with Crippen molar-refractivity contribution in [1.29, 1.82) is 0 Å². The SMILES string of the molecule is CCC(CC)C(=O)/C=C(\O)C(CC)CC.Cc1cnc2c(c1)oc1c[c]([Ge]([CH3])([CH3])[CH3])cc3oc4c5ccccc5[c-]c2c4c13.[Ir]. The van der Waals surface area contributed by atoms with Gasteiger partial charge in [0, 0.05) is 38.0 Å². The van der Waals surface area contributed by atoms with Crippen LogP contribution in [0.3, 0.4) is 0 Å². The number of allylic oxidation sites excluding steroid dienone is 2. The van der Waals surface area contributed by atoms with Crippen molar-refractivity contribution in [2.24, 2.45) is 11.8 Å². The minimum Gasteiger partial charge on any atom is 0 e. The largest absolute Gasteiger partial charge is 0 e. The van der Waals surface area contributed by atoms with Gasteiger partial charge in [-0.2, -0.15) is 0 Å². The first kappa shape index (κ1) is 34.9. The summed E-state index contributed by atoms with van der Waals surface area (Å²) in [5, 5.41) is 14.9. The van der Waals surface area contributed by atoms with Crippen LogP contribution in [-0.4, -0.2) is 29.1 Å². The van der Waals surface area contributed by atoms with E-state index in [4.69, 9.17) is 13.8 Å². The van der Waals surface area contributed by atoms with E-state index >= 15 is 0 Å². The second-order valence-corrected chi connectivity index (χ2v) is 23.6. The standard InChI is InChI=1S/C25H20GeNO2.C13H24O2.Ir/c1-14-9-21-24(27-13-14)18-10-15-7-5-6-8-17(15)25-22(18)23-19(28-21)11-16(26(2,3)4)12-20(23)29-25;1-5-10(6-2)12(14)9-13(15)11(7-3)8-4;/h5-9,11-13H,1-4H3;9-11,14H,5-8H2,1-4H3;/q-1;;/b;12-9-;. The summed E-state index contributed by atoms with van der Waals surface area (Å²) in [6.45, 7) is 10.1. The number of rotatable bonds is 8. The predicted molar refractivity (Wildman–Crippen MR) is 187 cm³/mol. The molecule has 0 spiro atoms. The molecule has 5 nitrogen and oxygen atoms in total. The topological polar surface area (TPSA) is 76.5 Å². The van der Waals surface area contributed by atoms with Crippen molar-refractivity contribution in [3.8, 4) is 0 Å². The molecule has 0 aliphatic carbocycles. The molecule has 0 saturated heterocycles. The Morgan fingerprint density at radius 1 is 0.911 bits per heavy atom. The van der Waals surface area contributed by atoms with Crippen LogP contribution in [0.15, 0.2) is 69.3 Å². The van der Waals surface area contributed by atoms with Crippen LogP contribution in [0.1, 0.15) is 58.9 Å². The zero-order valence-corrected chi connectivity index (χ0v) is 32.1. The third kappa shape index (κ3) is 6.94. The molecule has 239 valence electrons.